The van der Waals surface area contributed by atoms with Crippen LogP contribution in [0.2, 0.25) is 0 Å². The van der Waals surface area contributed by atoms with E-state index < -0.39 is 0 Å². The van der Waals surface area contributed by atoms with Crippen LogP contribution < -0.4 is 5.32 Å². The Balaban J connectivity index is 1.38. The molecule has 170 valence electrons. The first-order valence-electron chi connectivity index (χ1n) is 11.7. The first kappa shape index (κ1) is 22.8. The molecule has 0 bridgehead atoms. The summed E-state index contributed by atoms with van der Waals surface area (Å²) in [4.78, 5) is 15.3. The van der Waals surface area contributed by atoms with Crippen molar-refractivity contribution < 1.29 is 9.90 Å². The van der Waals surface area contributed by atoms with E-state index in [-0.39, 0.29) is 11.9 Å². The SMILES string of the molecule is Cc1cc2c(cc1O)C(C)N(Cc1ccccc1C(=O)NCCC=Cc1ccccc1)CC2. The molecule has 2 N–H and O–H groups in total. The summed E-state index contributed by atoms with van der Waals surface area (Å²) in [6.07, 6.45) is 5.90. The van der Waals surface area contributed by atoms with Gasteiger partial charge in [-0.15, -0.1) is 0 Å². The minimum atomic E-state index is -0.0305. The molecule has 3 aromatic carbocycles. The molecule has 0 saturated heterocycles. The van der Waals surface area contributed by atoms with E-state index >= 15 is 0 Å². The lowest BCUT2D eigenvalue weighted by Crippen LogP contribution is -2.34. The Bertz CT molecular complexity index is 1140. The summed E-state index contributed by atoms with van der Waals surface area (Å²) in [5.41, 5.74) is 6.33. The fraction of sp³-hybridized carbons (Fsp3) is 0.276. The Morgan fingerprint density at radius 1 is 1.12 bits per heavy atom. The zero-order chi connectivity index (χ0) is 23.2. The molecule has 33 heavy (non-hydrogen) atoms. The van der Waals surface area contributed by atoms with E-state index in [4.69, 9.17) is 0 Å². The van der Waals surface area contributed by atoms with Gasteiger partial charge in [-0.2, -0.15) is 0 Å². The summed E-state index contributed by atoms with van der Waals surface area (Å²) in [6.45, 7) is 6.35. The van der Waals surface area contributed by atoms with Gasteiger partial charge in [-0.3, -0.25) is 9.69 Å². The summed E-state index contributed by atoms with van der Waals surface area (Å²) in [5.74, 6) is 0.320. The third-order valence-electron chi connectivity index (χ3n) is 6.47. The van der Waals surface area contributed by atoms with Crippen LogP contribution in [0.1, 0.15) is 57.6 Å². The second-order valence-corrected chi connectivity index (χ2v) is 8.75. The number of phenols is 1. The number of hydrogen-bond acceptors (Lipinski definition) is 3. The van der Waals surface area contributed by atoms with Crippen molar-refractivity contribution in [1.82, 2.24) is 10.2 Å². The normalized spacial score (nSPS) is 16.0. The average Bonchev–Trinajstić information content (AvgIpc) is 2.83. The zero-order valence-electron chi connectivity index (χ0n) is 19.4. The number of rotatable bonds is 7. The number of fused-ring (bicyclic) bond motifs is 1. The highest BCUT2D eigenvalue weighted by molar-refractivity contribution is 5.95. The van der Waals surface area contributed by atoms with Crippen LogP contribution in [0.15, 0.2) is 72.8 Å². The van der Waals surface area contributed by atoms with Gasteiger partial charge in [0.25, 0.3) is 5.91 Å². The van der Waals surface area contributed by atoms with Crippen molar-refractivity contribution in [2.75, 3.05) is 13.1 Å². The lowest BCUT2D eigenvalue weighted by atomic mass is 9.91. The van der Waals surface area contributed by atoms with Gasteiger partial charge in [-0.05, 0) is 66.6 Å². The van der Waals surface area contributed by atoms with Crippen molar-refractivity contribution in [3.63, 3.8) is 0 Å². The summed E-state index contributed by atoms with van der Waals surface area (Å²) < 4.78 is 0. The number of nitrogens with zero attached hydrogens (tertiary/aromatic N) is 1. The molecule has 0 radical (unpaired) electrons. The van der Waals surface area contributed by atoms with Gasteiger partial charge in [0.2, 0.25) is 0 Å². The van der Waals surface area contributed by atoms with Gasteiger partial charge in [0, 0.05) is 31.2 Å². The van der Waals surface area contributed by atoms with Crippen LogP contribution >= 0.6 is 0 Å². The molecule has 4 nitrogen and oxygen atoms in total. The van der Waals surface area contributed by atoms with Crippen molar-refractivity contribution in [2.45, 2.75) is 39.3 Å². The van der Waals surface area contributed by atoms with Gasteiger partial charge in [0.1, 0.15) is 5.75 Å². The first-order chi connectivity index (χ1) is 16.0. The number of phenolic OH excluding ortho intramolecular Hbond substituents is 1. The van der Waals surface area contributed by atoms with Crippen LogP contribution in [0.4, 0.5) is 0 Å². The molecule has 1 atom stereocenters. The molecule has 0 aromatic heterocycles. The molecule has 1 unspecified atom stereocenters. The van der Waals surface area contributed by atoms with Crippen molar-refractivity contribution in [2.24, 2.45) is 0 Å². The minimum absolute atomic E-state index is 0.0305. The van der Waals surface area contributed by atoms with Crippen molar-refractivity contribution >= 4 is 12.0 Å². The van der Waals surface area contributed by atoms with Gasteiger partial charge < -0.3 is 10.4 Å². The minimum Gasteiger partial charge on any atom is -0.508 e. The molecule has 4 rings (SSSR count). The third kappa shape index (κ3) is 5.52. The molecule has 0 fully saturated rings. The topological polar surface area (TPSA) is 52.6 Å². The van der Waals surface area contributed by atoms with E-state index in [1.807, 2.05) is 55.5 Å². The number of aryl methyl sites for hydroxylation is 1. The zero-order valence-corrected chi connectivity index (χ0v) is 19.4. The monoisotopic (exact) mass is 440 g/mol. The van der Waals surface area contributed by atoms with Crippen LogP contribution in [-0.4, -0.2) is 29.0 Å². The quantitative estimate of drug-likeness (QED) is 0.467. The van der Waals surface area contributed by atoms with Gasteiger partial charge in [-0.25, -0.2) is 0 Å². The molecule has 1 aliphatic heterocycles. The molecular formula is C29H32N2O2. The van der Waals surface area contributed by atoms with Crippen LogP contribution in [0.5, 0.6) is 5.75 Å². The Labute approximate surface area is 196 Å². The molecule has 1 amide bonds. The highest BCUT2D eigenvalue weighted by Gasteiger charge is 2.26. The number of hydrogen-bond donors (Lipinski definition) is 2. The summed E-state index contributed by atoms with van der Waals surface area (Å²) in [6, 6.07) is 22.2. The third-order valence-corrected chi connectivity index (χ3v) is 6.47. The van der Waals surface area contributed by atoms with Crippen molar-refractivity contribution in [3.8, 4) is 5.75 Å². The second kappa shape index (κ2) is 10.5. The Hall–Kier alpha value is -3.37. The highest BCUT2D eigenvalue weighted by Crippen LogP contribution is 2.34. The van der Waals surface area contributed by atoms with Crippen molar-refractivity contribution in [3.05, 3.63) is 106 Å². The average molecular weight is 441 g/mol. The van der Waals surface area contributed by atoms with Crippen LogP contribution in [-0.2, 0) is 13.0 Å². The fourth-order valence-corrected chi connectivity index (χ4v) is 4.49. The van der Waals surface area contributed by atoms with Crippen LogP contribution in [0.25, 0.3) is 6.08 Å². The number of nitrogens with one attached hydrogen (secondary N) is 1. The smallest absolute Gasteiger partial charge is 0.251 e. The standard InChI is InChI=1S/C29H32N2O2/c1-21-18-24-15-17-31(22(2)27(24)19-28(21)32)20-25-13-6-7-14-26(25)29(33)30-16-9-8-12-23-10-4-3-5-11-23/h3-8,10-14,18-19,22,32H,9,15-17,20H2,1-2H3,(H,30,33). The van der Waals surface area contributed by atoms with Crippen LogP contribution in [0, 0.1) is 6.92 Å². The second-order valence-electron chi connectivity index (χ2n) is 8.75. The van der Waals surface area contributed by atoms with E-state index in [0.29, 0.717) is 18.8 Å². The van der Waals surface area contributed by atoms with Gasteiger partial charge in [0.05, 0.1) is 0 Å². The lowest BCUT2D eigenvalue weighted by Gasteiger charge is -2.36. The number of amides is 1. The van der Waals surface area contributed by atoms with E-state index in [2.05, 4.69) is 47.5 Å². The number of carbonyl (C=O) groups is 1. The van der Waals surface area contributed by atoms with Gasteiger partial charge in [-0.1, -0.05) is 66.7 Å². The van der Waals surface area contributed by atoms with Crippen LogP contribution in [0.3, 0.4) is 0 Å². The maximum atomic E-state index is 12.9. The summed E-state index contributed by atoms with van der Waals surface area (Å²) in [5, 5.41) is 13.3. The predicted octanol–water partition coefficient (Wildman–Crippen LogP) is 5.65. The number of carbonyl (C=O) groups excluding carboxylic acids is 1. The van der Waals surface area contributed by atoms with Gasteiger partial charge >= 0.3 is 0 Å². The van der Waals surface area contributed by atoms with Gasteiger partial charge in [0.15, 0.2) is 0 Å². The Morgan fingerprint density at radius 3 is 2.70 bits per heavy atom. The van der Waals surface area contributed by atoms with E-state index in [0.717, 1.165) is 41.6 Å². The molecule has 1 aliphatic rings. The Kier molecular flexibility index (Phi) is 7.26. The molecular weight excluding hydrogens is 408 g/mol. The van der Waals surface area contributed by atoms with E-state index in [9.17, 15) is 9.90 Å². The number of aromatic hydroxyl groups is 1. The summed E-state index contributed by atoms with van der Waals surface area (Å²) in [7, 11) is 0. The lowest BCUT2D eigenvalue weighted by molar-refractivity contribution is 0.0951. The highest BCUT2D eigenvalue weighted by atomic mass is 16.3. The molecule has 4 heteroatoms. The predicted molar refractivity (Wildman–Crippen MR) is 134 cm³/mol. The van der Waals surface area contributed by atoms with E-state index in [1.54, 1.807) is 0 Å². The summed E-state index contributed by atoms with van der Waals surface area (Å²) >= 11 is 0. The molecule has 0 saturated carbocycles. The van der Waals surface area contributed by atoms with Crippen molar-refractivity contribution in [1.29, 1.82) is 0 Å². The molecule has 1 heterocycles. The fourth-order valence-electron chi connectivity index (χ4n) is 4.49. The molecule has 0 aliphatic carbocycles. The largest absolute Gasteiger partial charge is 0.508 e. The maximum Gasteiger partial charge on any atom is 0.251 e. The first-order valence-corrected chi connectivity index (χ1v) is 11.7. The Morgan fingerprint density at radius 2 is 1.88 bits per heavy atom. The van der Waals surface area contributed by atoms with E-state index in [1.165, 1.54) is 11.1 Å². The maximum absolute atomic E-state index is 12.9. The molecule has 3 aromatic rings. The number of benzene rings is 3. The molecule has 0 spiro atoms.